The van der Waals surface area contributed by atoms with Crippen molar-refractivity contribution < 1.29 is 23.9 Å². The van der Waals surface area contributed by atoms with Crippen LogP contribution in [-0.4, -0.2) is 43.7 Å². The monoisotopic (exact) mass is 411 g/mol. The summed E-state index contributed by atoms with van der Waals surface area (Å²) in [7, 11) is 0. The highest BCUT2D eigenvalue weighted by Gasteiger charge is 2.31. The molecule has 0 unspecified atom stereocenters. The number of nitrogens with one attached hydrogen (secondary N) is 2. The lowest BCUT2D eigenvalue weighted by Gasteiger charge is -2.18. The zero-order valence-corrected chi connectivity index (χ0v) is 17.0. The van der Waals surface area contributed by atoms with Crippen LogP contribution in [0.25, 0.3) is 0 Å². The third kappa shape index (κ3) is 5.28. The van der Waals surface area contributed by atoms with Gasteiger partial charge < -0.3 is 25.0 Å². The van der Waals surface area contributed by atoms with Gasteiger partial charge in [-0.25, -0.2) is 9.59 Å². The van der Waals surface area contributed by atoms with Crippen molar-refractivity contribution in [2.45, 2.75) is 26.3 Å². The number of amides is 3. The normalized spacial score (nSPS) is 15.6. The molecule has 3 amide bonds. The summed E-state index contributed by atoms with van der Waals surface area (Å²) in [6.45, 7) is 4.92. The van der Waals surface area contributed by atoms with E-state index in [2.05, 4.69) is 10.6 Å². The van der Waals surface area contributed by atoms with Gasteiger partial charge in [0.2, 0.25) is 5.91 Å². The number of carbonyl (C=O) groups is 3. The van der Waals surface area contributed by atoms with Gasteiger partial charge in [-0.3, -0.25) is 4.79 Å². The van der Waals surface area contributed by atoms with Crippen LogP contribution in [0.4, 0.5) is 16.2 Å². The van der Waals surface area contributed by atoms with Gasteiger partial charge in [0, 0.05) is 24.3 Å². The number of esters is 1. The van der Waals surface area contributed by atoms with Crippen LogP contribution >= 0.6 is 0 Å². The van der Waals surface area contributed by atoms with E-state index < -0.39 is 12.0 Å². The molecule has 1 atom stereocenters. The van der Waals surface area contributed by atoms with Crippen molar-refractivity contribution in [1.82, 2.24) is 5.32 Å². The molecule has 1 aliphatic rings. The smallest absolute Gasteiger partial charge is 0.338 e. The molecule has 2 N–H and O–H groups in total. The van der Waals surface area contributed by atoms with E-state index in [0.717, 1.165) is 11.4 Å². The number of hydrogen-bond acceptors (Lipinski definition) is 5. The van der Waals surface area contributed by atoms with Crippen LogP contribution in [0.5, 0.6) is 5.75 Å². The number of urea groups is 1. The number of benzene rings is 2. The molecule has 2 aromatic rings. The van der Waals surface area contributed by atoms with E-state index in [-0.39, 0.29) is 18.4 Å². The summed E-state index contributed by atoms with van der Waals surface area (Å²) < 4.78 is 10.3. The quantitative estimate of drug-likeness (QED) is 0.682. The van der Waals surface area contributed by atoms with Crippen molar-refractivity contribution in [2.75, 3.05) is 30.0 Å². The third-order valence-corrected chi connectivity index (χ3v) is 4.57. The van der Waals surface area contributed by atoms with Gasteiger partial charge in [-0.15, -0.1) is 0 Å². The van der Waals surface area contributed by atoms with Gasteiger partial charge in [0.05, 0.1) is 24.8 Å². The molecule has 0 aromatic heterocycles. The fourth-order valence-electron chi connectivity index (χ4n) is 3.20. The standard InChI is InChI=1S/C22H25N3O5/c1-3-29-19-11-9-18(10-12-19)25-14-17(13-20(25)26)24-22(28)23-16-7-5-15(6-8-16)21(27)30-4-2/h5-12,17H,3-4,13-14H2,1-2H3,(H2,23,24,28)/t17-/m0/s1. The van der Waals surface area contributed by atoms with Gasteiger partial charge in [0.15, 0.2) is 0 Å². The SMILES string of the molecule is CCOC(=O)c1ccc(NC(=O)N[C@H]2CC(=O)N(c3ccc(OCC)cc3)C2)cc1. The lowest BCUT2D eigenvalue weighted by Crippen LogP contribution is -2.39. The molecule has 0 radical (unpaired) electrons. The highest BCUT2D eigenvalue weighted by Crippen LogP contribution is 2.24. The Hall–Kier alpha value is -3.55. The highest BCUT2D eigenvalue weighted by molar-refractivity contribution is 5.98. The van der Waals surface area contributed by atoms with Gasteiger partial charge in [-0.05, 0) is 62.4 Å². The second kappa shape index (κ2) is 9.78. The largest absolute Gasteiger partial charge is 0.494 e. The second-order valence-electron chi connectivity index (χ2n) is 6.73. The van der Waals surface area contributed by atoms with E-state index in [1.807, 2.05) is 31.2 Å². The second-order valence-corrected chi connectivity index (χ2v) is 6.73. The van der Waals surface area contributed by atoms with E-state index in [0.29, 0.717) is 31.0 Å². The van der Waals surface area contributed by atoms with Crippen LogP contribution in [0.2, 0.25) is 0 Å². The van der Waals surface area contributed by atoms with Gasteiger partial charge >= 0.3 is 12.0 Å². The average molecular weight is 411 g/mol. The summed E-state index contributed by atoms with van der Waals surface area (Å²) in [5.41, 5.74) is 1.71. The van der Waals surface area contributed by atoms with E-state index in [1.54, 1.807) is 36.1 Å². The van der Waals surface area contributed by atoms with E-state index in [4.69, 9.17) is 9.47 Å². The molecular weight excluding hydrogens is 386 g/mol. The molecular formula is C22H25N3O5. The first-order valence-electron chi connectivity index (χ1n) is 9.88. The zero-order chi connectivity index (χ0) is 21.5. The number of hydrogen-bond donors (Lipinski definition) is 2. The van der Waals surface area contributed by atoms with Crippen molar-refractivity contribution in [3.8, 4) is 5.75 Å². The molecule has 1 aliphatic heterocycles. The first-order chi connectivity index (χ1) is 14.5. The maximum Gasteiger partial charge on any atom is 0.338 e. The Morgan fingerprint density at radius 2 is 1.73 bits per heavy atom. The molecule has 0 bridgehead atoms. The highest BCUT2D eigenvalue weighted by atomic mass is 16.5. The van der Waals surface area contributed by atoms with Crippen LogP contribution in [0.15, 0.2) is 48.5 Å². The lowest BCUT2D eigenvalue weighted by atomic mass is 10.2. The zero-order valence-electron chi connectivity index (χ0n) is 17.0. The number of carbonyl (C=O) groups excluding carboxylic acids is 3. The molecule has 0 aliphatic carbocycles. The van der Waals surface area contributed by atoms with Crippen LogP contribution in [-0.2, 0) is 9.53 Å². The van der Waals surface area contributed by atoms with Crippen LogP contribution in [0.1, 0.15) is 30.6 Å². The van der Waals surface area contributed by atoms with Crippen molar-refractivity contribution in [3.05, 3.63) is 54.1 Å². The molecule has 1 heterocycles. The number of ether oxygens (including phenoxy) is 2. The predicted molar refractivity (Wildman–Crippen MR) is 113 cm³/mol. The molecule has 30 heavy (non-hydrogen) atoms. The Morgan fingerprint density at radius 3 is 2.37 bits per heavy atom. The molecule has 3 rings (SSSR count). The molecule has 2 aromatic carbocycles. The molecule has 1 saturated heterocycles. The maximum atomic E-state index is 12.4. The van der Waals surface area contributed by atoms with Crippen LogP contribution < -0.4 is 20.3 Å². The van der Waals surface area contributed by atoms with E-state index in [9.17, 15) is 14.4 Å². The maximum absolute atomic E-state index is 12.4. The summed E-state index contributed by atoms with van der Waals surface area (Å²) in [4.78, 5) is 38.0. The minimum Gasteiger partial charge on any atom is -0.494 e. The Morgan fingerprint density at radius 1 is 1.03 bits per heavy atom. The molecule has 158 valence electrons. The fraction of sp³-hybridized carbons (Fsp3) is 0.318. The first-order valence-corrected chi connectivity index (χ1v) is 9.88. The Kier molecular flexibility index (Phi) is 6.90. The van der Waals surface area contributed by atoms with Crippen LogP contribution in [0.3, 0.4) is 0 Å². The lowest BCUT2D eigenvalue weighted by molar-refractivity contribution is -0.117. The van der Waals surface area contributed by atoms with Crippen molar-refractivity contribution in [1.29, 1.82) is 0 Å². The Balaban J connectivity index is 1.53. The van der Waals surface area contributed by atoms with Crippen molar-refractivity contribution in [3.63, 3.8) is 0 Å². The molecule has 0 spiro atoms. The van der Waals surface area contributed by atoms with Gasteiger partial charge in [0.1, 0.15) is 5.75 Å². The minimum atomic E-state index is -0.412. The van der Waals surface area contributed by atoms with Gasteiger partial charge in [-0.1, -0.05) is 0 Å². The summed E-state index contributed by atoms with van der Waals surface area (Å²) >= 11 is 0. The molecule has 1 fully saturated rings. The number of rotatable bonds is 7. The summed E-state index contributed by atoms with van der Waals surface area (Å²) in [6, 6.07) is 13.0. The van der Waals surface area contributed by atoms with Crippen molar-refractivity contribution in [2.24, 2.45) is 0 Å². The van der Waals surface area contributed by atoms with Gasteiger partial charge in [-0.2, -0.15) is 0 Å². The number of anilines is 2. The number of nitrogens with zero attached hydrogens (tertiary/aromatic N) is 1. The third-order valence-electron chi connectivity index (χ3n) is 4.57. The average Bonchev–Trinajstić information content (AvgIpc) is 3.09. The summed E-state index contributed by atoms with van der Waals surface area (Å²) in [6.07, 6.45) is 0.225. The summed E-state index contributed by atoms with van der Waals surface area (Å²) in [5, 5.41) is 5.53. The van der Waals surface area contributed by atoms with Gasteiger partial charge in [0.25, 0.3) is 0 Å². The van der Waals surface area contributed by atoms with E-state index >= 15 is 0 Å². The minimum absolute atomic E-state index is 0.0525. The fourth-order valence-corrected chi connectivity index (χ4v) is 3.20. The first kappa shape index (κ1) is 21.2. The Bertz CT molecular complexity index is 896. The Labute approximate surface area is 175 Å². The molecule has 8 heteroatoms. The molecule has 0 saturated carbocycles. The summed E-state index contributed by atoms with van der Waals surface area (Å²) in [5.74, 6) is 0.284. The predicted octanol–water partition coefficient (Wildman–Crippen LogP) is 3.19. The molecule has 8 nitrogen and oxygen atoms in total. The topological polar surface area (TPSA) is 97.0 Å². The van der Waals surface area contributed by atoms with Crippen LogP contribution in [0, 0.1) is 0 Å². The van der Waals surface area contributed by atoms with Crippen molar-refractivity contribution >= 4 is 29.3 Å². The van der Waals surface area contributed by atoms with E-state index in [1.165, 1.54) is 0 Å².